The van der Waals surface area contributed by atoms with Crippen molar-refractivity contribution in [3.8, 4) is 68.1 Å². The third-order valence-corrected chi connectivity index (χ3v) is 26.2. The average molecular weight is 1850 g/mol. The van der Waals surface area contributed by atoms with Crippen LogP contribution in [0.25, 0.3) is 83.9 Å². The predicted octanol–water partition coefficient (Wildman–Crippen LogP) is 15.8. The lowest BCUT2D eigenvalue weighted by Gasteiger charge is -2.50. The average Bonchev–Trinajstić information content (AvgIpc) is 0.708. The fourth-order valence-electron chi connectivity index (χ4n) is 19.5. The predicted molar refractivity (Wildman–Crippen MR) is 506 cm³/mol. The molecule has 3 fully saturated rings. The van der Waals surface area contributed by atoms with Gasteiger partial charge in [-0.1, -0.05) is 114 Å². The maximum Gasteiger partial charge on any atom is 0.283 e. The molecule has 132 heavy (non-hydrogen) atoms. The van der Waals surface area contributed by atoms with Crippen LogP contribution in [0.15, 0.2) is 162 Å². The number of halogens is 6. The van der Waals surface area contributed by atoms with Gasteiger partial charge in [-0.3, -0.25) is 67.0 Å². The molecule has 12 aromatic rings. The normalized spacial score (nSPS) is 18.0. The van der Waals surface area contributed by atoms with Gasteiger partial charge in [-0.15, -0.1) is 0 Å². The Balaban J connectivity index is 0.000000144. The zero-order valence-electron chi connectivity index (χ0n) is 74.6. The van der Waals surface area contributed by atoms with Crippen LogP contribution in [0.3, 0.4) is 0 Å². The summed E-state index contributed by atoms with van der Waals surface area (Å²) in [5, 5.41) is 36.5. The van der Waals surface area contributed by atoms with Crippen LogP contribution in [0.2, 0.25) is 15.1 Å². The molecular weight excluding hydrogens is 1750 g/mol. The van der Waals surface area contributed by atoms with E-state index in [2.05, 4.69) is 44.9 Å². The zero-order valence-corrected chi connectivity index (χ0v) is 76.9. The van der Waals surface area contributed by atoms with Crippen LogP contribution in [-0.2, 0) is 30.4 Å². The highest BCUT2D eigenvalue weighted by Crippen LogP contribution is 2.50. The fourth-order valence-corrected chi connectivity index (χ4v) is 20.2. The molecule has 6 aliphatic heterocycles. The van der Waals surface area contributed by atoms with Gasteiger partial charge in [0, 0.05) is 97.7 Å². The molecule has 0 radical (unpaired) electrons. The largest absolute Gasteiger partial charge is 0.507 e. The van der Waals surface area contributed by atoms with E-state index in [1.54, 1.807) is 68.2 Å². The highest BCUT2D eigenvalue weighted by atomic mass is 35.5. The maximum absolute atomic E-state index is 15.2. The number of phenols is 3. The van der Waals surface area contributed by atoms with Crippen LogP contribution in [0.4, 0.5) is 41.6 Å². The first kappa shape index (κ1) is 91.5. The molecular formula is C98H95Cl3F3N17O11. The van der Waals surface area contributed by atoms with Crippen LogP contribution in [-0.4, -0.2) is 186 Å². The molecule has 0 bridgehead atoms. The number of aromatic hydroxyl groups is 3. The SMILES string of the molecule is C=CC(=O)N1CC(C)N2c3c(c(=O)n(-c4c(C)ccnc4C(C)C)c4nc(-c5c(O)cccc5F)c(Cl)cc34)CCC2C1.C=CC(=O)N1CC(C)N2c3c(c(=O)n(-c4c(C)ccnc4C(C)C)c4nc(-c5c(O)cccc5F)c(Cl)cc34)N(C)C(=O)C2C1.C=CC(=O)N1CC(C)N2c3c(c(=O)n(-c4c(C)ccnc4C(C)C)c4nc(-c5c(O)cccc5F)c(Cl)cc34)NC(=O)C2C1. The van der Waals surface area contributed by atoms with Gasteiger partial charge in [-0.05, 0) is 180 Å². The number of nitrogens with zero attached hydrogens (tertiary/aromatic N) is 16. The second-order valence-electron chi connectivity index (χ2n) is 34.9. The Kier molecular flexibility index (Phi) is 24.6. The maximum atomic E-state index is 15.2. The van der Waals surface area contributed by atoms with E-state index in [0.29, 0.717) is 93.1 Å². The minimum atomic E-state index is -0.811. The zero-order chi connectivity index (χ0) is 94.8. The number of pyridine rings is 9. The first-order chi connectivity index (χ1) is 62.8. The van der Waals surface area contributed by atoms with Gasteiger partial charge in [-0.2, -0.15) is 0 Å². The van der Waals surface area contributed by atoms with Crippen molar-refractivity contribution in [2.24, 2.45) is 0 Å². The van der Waals surface area contributed by atoms with Crippen molar-refractivity contribution in [2.75, 3.05) is 71.2 Å². The number of carbonyl (C=O) groups is 5. The third kappa shape index (κ3) is 15.3. The van der Waals surface area contributed by atoms with E-state index in [1.807, 2.05) is 99.0 Å². The topological polar surface area (TPSA) is 324 Å². The van der Waals surface area contributed by atoms with Crippen LogP contribution in [0, 0.1) is 38.2 Å². The number of likely N-dealkylation sites (N-methyl/N-ethyl adjacent to an activating group) is 1. The summed E-state index contributed by atoms with van der Waals surface area (Å²) in [6, 6.07) is 19.5. The highest BCUT2D eigenvalue weighted by Gasteiger charge is 2.49. The summed E-state index contributed by atoms with van der Waals surface area (Å²) in [6.07, 6.45) is 9.98. The number of phenolic OH excluding ortho intramolecular Hbond substituents is 3. The molecule has 680 valence electrons. The van der Waals surface area contributed by atoms with E-state index in [4.69, 9.17) is 49.8 Å². The Morgan fingerprint density at radius 2 is 0.818 bits per heavy atom. The van der Waals surface area contributed by atoms with E-state index in [1.165, 1.54) is 93.9 Å². The molecule has 6 unspecified atom stereocenters. The molecule has 0 spiro atoms. The number of hydrogen-bond acceptors (Lipinski definition) is 20. The molecule has 18 rings (SSSR count). The molecule has 6 aliphatic rings. The second kappa shape index (κ2) is 35.5. The van der Waals surface area contributed by atoms with Crippen LogP contribution in [0.5, 0.6) is 17.2 Å². The second-order valence-corrected chi connectivity index (χ2v) is 36.1. The van der Waals surface area contributed by atoms with Gasteiger partial charge in [0.25, 0.3) is 22.6 Å². The van der Waals surface area contributed by atoms with E-state index >= 15 is 13.2 Å². The van der Waals surface area contributed by atoms with Gasteiger partial charge in [0.05, 0.1) is 113 Å². The standard InChI is InChI=1S/C33H32ClFN6O4.C33H33ClFN5O3.C32H30ClFN6O4/c1-7-24(43)39-14-18(5)40-22(15-39)32(44)38(6)30-29(40)19-13-20(34)27(25-21(35)9-8-10-23(25)42)37-31(19)41(33(30)45)28-17(4)11-12-36-26(28)16(2)3;1-6-26(42)38-15-19(5)39-20(16-38)10-11-21-31(39)22-14-23(34)29(27-24(35)8-7-9-25(27)41)37-32(22)40(33(21)43)30-18(4)12-13-36-28(30)17(2)3;1-6-23(42)38-13-17(5)39-21(14-38)31(43)37-27-29(39)18-12-19(33)26(24-20(34)8-7-9-22(24)41)36-30(18)40(32(27)44)28-16(4)10-11-35-25(28)15(2)3/h7-13,16,18,22,42H,1,14-15H2,2-6H3;6-9,12-14,17,19-20,41H,1,10-11,15-16H2,2-5H3;6-12,15,17,21,41H,1,13-14H2,2-5H3,(H,37,43). The lowest BCUT2D eigenvalue weighted by molar-refractivity contribution is -0.130. The van der Waals surface area contributed by atoms with Crippen molar-refractivity contribution in [1.29, 1.82) is 0 Å². The number of carbonyl (C=O) groups excluding carboxylic acids is 5. The third-order valence-electron chi connectivity index (χ3n) is 25.4. The Hall–Kier alpha value is -13.8. The fraction of sp³-hybridized carbons (Fsp3) is 0.306. The number of hydrogen-bond donors (Lipinski definition) is 4. The Morgan fingerprint density at radius 1 is 0.462 bits per heavy atom. The molecule has 5 amide bonds. The molecule has 4 N–H and O–H groups in total. The van der Waals surface area contributed by atoms with Gasteiger partial charge in [0.2, 0.25) is 23.6 Å². The number of anilines is 5. The van der Waals surface area contributed by atoms with Gasteiger partial charge < -0.3 is 54.9 Å². The molecule has 34 heteroatoms. The van der Waals surface area contributed by atoms with Crippen molar-refractivity contribution >= 4 is 126 Å². The summed E-state index contributed by atoms with van der Waals surface area (Å²) < 4.78 is 49.9. The Morgan fingerprint density at radius 3 is 1.21 bits per heavy atom. The van der Waals surface area contributed by atoms with Crippen molar-refractivity contribution in [3.05, 3.63) is 250 Å². The van der Waals surface area contributed by atoms with Crippen LogP contribution < -0.4 is 41.6 Å². The van der Waals surface area contributed by atoms with Crippen molar-refractivity contribution in [1.82, 2.24) is 58.3 Å². The smallest absolute Gasteiger partial charge is 0.283 e. The Labute approximate surface area is 771 Å². The summed E-state index contributed by atoms with van der Waals surface area (Å²) in [5.41, 5.74) is 6.86. The summed E-state index contributed by atoms with van der Waals surface area (Å²) in [5.74, 6) is -4.90. The van der Waals surface area contributed by atoms with E-state index in [0.717, 1.165) is 28.1 Å². The molecule has 0 aliphatic carbocycles. The van der Waals surface area contributed by atoms with Crippen molar-refractivity contribution in [3.63, 3.8) is 0 Å². The number of benzene rings is 3. The minimum Gasteiger partial charge on any atom is -0.507 e. The van der Waals surface area contributed by atoms with E-state index in [9.17, 15) is 53.7 Å². The Bertz CT molecular complexity index is 7080. The molecule has 9 aromatic heterocycles. The van der Waals surface area contributed by atoms with Gasteiger partial charge in [0.15, 0.2) is 11.3 Å². The first-order valence-electron chi connectivity index (χ1n) is 43.2. The molecule has 0 saturated carbocycles. The number of rotatable bonds is 12. The van der Waals surface area contributed by atoms with Gasteiger partial charge in [-0.25, -0.2) is 28.1 Å². The van der Waals surface area contributed by atoms with Crippen LogP contribution in [0.1, 0.15) is 126 Å². The number of aromatic nitrogens is 9. The van der Waals surface area contributed by atoms with E-state index in [-0.39, 0.29) is 186 Å². The number of nitrogens with one attached hydrogen (secondary N) is 1. The monoisotopic (exact) mass is 1850 g/mol. The number of piperazine rings is 3. The molecule has 6 atom stereocenters. The number of amides is 5. The van der Waals surface area contributed by atoms with Crippen molar-refractivity contribution < 1.29 is 52.5 Å². The summed E-state index contributed by atoms with van der Waals surface area (Å²) in [6.45, 7) is 35.7. The van der Waals surface area contributed by atoms with Crippen molar-refractivity contribution in [2.45, 2.75) is 150 Å². The van der Waals surface area contributed by atoms with Crippen LogP contribution >= 0.6 is 34.8 Å². The number of aryl methyl sites for hydroxylation is 3. The minimum absolute atomic E-state index is 0.00450. The molecule has 15 heterocycles. The summed E-state index contributed by atoms with van der Waals surface area (Å²) in [7, 11) is 1.54. The highest BCUT2D eigenvalue weighted by molar-refractivity contribution is 6.35. The summed E-state index contributed by atoms with van der Waals surface area (Å²) in [4.78, 5) is 150. The van der Waals surface area contributed by atoms with E-state index < -0.39 is 46.6 Å². The summed E-state index contributed by atoms with van der Waals surface area (Å²) >= 11 is 20.5. The molecule has 28 nitrogen and oxygen atoms in total. The molecule has 3 aromatic carbocycles. The lowest BCUT2D eigenvalue weighted by atomic mass is 9.90. The molecule has 3 saturated heterocycles. The number of fused-ring (bicyclic) bond motifs is 15. The first-order valence-corrected chi connectivity index (χ1v) is 44.3. The van der Waals surface area contributed by atoms with Gasteiger partial charge >= 0.3 is 0 Å². The van der Waals surface area contributed by atoms with Gasteiger partial charge in [0.1, 0.15) is 63.8 Å². The quantitative estimate of drug-likeness (QED) is 0.0826. The lowest BCUT2D eigenvalue weighted by Crippen LogP contribution is -2.66.